The number of nitrogens with one attached hydrogen (secondary N) is 1. The van der Waals surface area contributed by atoms with E-state index in [9.17, 15) is 9.59 Å². The molecule has 1 saturated heterocycles. The normalized spacial score (nSPS) is 17.2. The first-order valence-electron chi connectivity index (χ1n) is 11.0. The predicted octanol–water partition coefficient (Wildman–Crippen LogP) is 2.92. The van der Waals surface area contributed by atoms with E-state index in [0.29, 0.717) is 29.3 Å². The number of imide groups is 1. The second kappa shape index (κ2) is 9.97. The van der Waals surface area contributed by atoms with Crippen LogP contribution in [0.4, 0.5) is 5.69 Å². The molecule has 2 amide bonds. The van der Waals surface area contributed by atoms with Crippen LogP contribution in [0.1, 0.15) is 17.5 Å². The maximum Gasteiger partial charge on any atom is 0.278 e. The van der Waals surface area contributed by atoms with Crippen LogP contribution in [0.3, 0.4) is 0 Å². The van der Waals surface area contributed by atoms with Crippen molar-refractivity contribution in [3.8, 4) is 5.75 Å². The fourth-order valence-electron chi connectivity index (χ4n) is 4.01. The number of ether oxygens (including phenoxy) is 2. The van der Waals surface area contributed by atoms with Gasteiger partial charge in [0.2, 0.25) is 0 Å². The highest BCUT2D eigenvalue weighted by atomic mass is 16.5. The van der Waals surface area contributed by atoms with Gasteiger partial charge in [0.05, 0.1) is 25.9 Å². The zero-order valence-electron chi connectivity index (χ0n) is 18.6. The number of hydrogen-bond acceptors (Lipinski definition) is 6. The van der Waals surface area contributed by atoms with Gasteiger partial charge in [0, 0.05) is 37.9 Å². The summed E-state index contributed by atoms with van der Waals surface area (Å²) in [6, 6.07) is 15.0. The number of nitrogens with zero attached hydrogens (tertiary/aromatic N) is 2. The van der Waals surface area contributed by atoms with Gasteiger partial charge < -0.3 is 14.8 Å². The molecule has 2 aliphatic heterocycles. The predicted molar refractivity (Wildman–Crippen MR) is 123 cm³/mol. The number of carbonyl (C=O) groups is 2. The summed E-state index contributed by atoms with van der Waals surface area (Å²) < 4.78 is 10.7. The first-order chi connectivity index (χ1) is 15.6. The quantitative estimate of drug-likeness (QED) is 0.643. The van der Waals surface area contributed by atoms with Crippen LogP contribution in [-0.4, -0.2) is 68.1 Å². The first-order valence-corrected chi connectivity index (χ1v) is 11.0. The maximum absolute atomic E-state index is 13.4. The zero-order valence-corrected chi connectivity index (χ0v) is 18.6. The molecular formula is C25H29N3O4. The van der Waals surface area contributed by atoms with Crippen LogP contribution in [0.2, 0.25) is 0 Å². The molecule has 7 heteroatoms. The molecule has 0 bridgehead atoms. The number of anilines is 1. The minimum absolute atomic E-state index is 0.258. The largest absolute Gasteiger partial charge is 0.497 e. The minimum Gasteiger partial charge on any atom is -0.497 e. The van der Waals surface area contributed by atoms with Crippen LogP contribution in [0.5, 0.6) is 5.75 Å². The Labute approximate surface area is 188 Å². The number of methoxy groups -OCH3 is 1. The van der Waals surface area contributed by atoms with Gasteiger partial charge in [0.15, 0.2) is 0 Å². The van der Waals surface area contributed by atoms with Crippen molar-refractivity contribution in [1.29, 1.82) is 0 Å². The molecule has 0 saturated carbocycles. The fourth-order valence-corrected chi connectivity index (χ4v) is 4.01. The Morgan fingerprint density at radius 1 is 1.00 bits per heavy atom. The summed E-state index contributed by atoms with van der Waals surface area (Å²) in [7, 11) is 1.59. The van der Waals surface area contributed by atoms with Crippen LogP contribution in [0.25, 0.3) is 5.57 Å². The van der Waals surface area contributed by atoms with Crippen molar-refractivity contribution in [2.24, 2.45) is 0 Å². The summed E-state index contributed by atoms with van der Waals surface area (Å²) in [5.74, 6) is 0.119. The second-order valence-electron chi connectivity index (χ2n) is 8.04. The molecule has 4 rings (SSSR count). The number of amides is 2. The van der Waals surface area contributed by atoms with Gasteiger partial charge in [-0.15, -0.1) is 0 Å². The molecule has 2 aromatic rings. The lowest BCUT2D eigenvalue weighted by atomic mass is 10.0. The molecule has 0 aliphatic carbocycles. The third-order valence-electron chi connectivity index (χ3n) is 5.81. The number of benzene rings is 2. The molecular weight excluding hydrogens is 406 g/mol. The zero-order chi connectivity index (χ0) is 22.5. The minimum atomic E-state index is -0.296. The van der Waals surface area contributed by atoms with Gasteiger partial charge in [-0.2, -0.15) is 0 Å². The maximum atomic E-state index is 13.4. The number of morpholine rings is 1. The summed E-state index contributed by atoms with van der Waals surface area (Å²) in [5, 5.41) is 3.19. The Morgan fingerprint density at radius 2 is 1.75 bits per heavy atom. The van der Waals surface area contributed by atoms with E-state index in [1.807, 2.05) is 49.4 Å². The molecule has 2 aliphatic rings. The molecule has 2 aromatic carbocycles. The Balaban J connectivity index is 1.56. The Hall–Kier alpha value is -3.16. The van der Waals surface area contributed by atoms with E-state index in [1.165, 1.54) is 4.90 Å². The van der Waals surface area contributed by atoms with Crippen molar-refractivity contribution in [3.05, 3.63) is 65.4 Å². The van der Waals surface area contributed by atoms with E-state index in [4.69, 9.17) is 9.47 Å². The van der Waals surface area contributed by atoms with Gasteiger partial charge in [0.1, 0.15) is 11.4 Å². The van der Waals surface area contributed by atoms with Crippen molar-refractivity contribution >= 4 is 23.1 Å². The monoisotopic (exact) mass is 435 g/mol. The van der Waals surface area contributed by atoms with E-state index >= 15 is 0 Å². The highest BCUT2D eigenvalue weighted by Gasteiger charge is 2.39. The number of aryl methyl sites for hydroxylation is 1. The van der Waals surface area contributed by atoms with Gasteiger partial charge in [-0.05, 0) is 31.0 Å². The first kappa shape index (κ1) is 22.0. The van der Waals surface area contributed by atoms with Crippen molar-refractivity contribution in [1.82, 2.24) is 9.80 Å². The van der Waals surface area contributed by atoms with Crippen molar-refractivity contribution in [2.45, 2.75) is 13.3 Å². The summed E-state index contributed by atoms with van der Waals surface area (Å²) >= 11 is 0. The van der Waals surface area contributed by atoms with Crippen molar-refractivity contribution in [2.75, 3.05) is 51.8 Å². The summed E-state index contributed by atoms with van der Waals surface area (Å²) in [4.78, 5) is 30.3. The van der Waals surface area contributed by atoms with Crippen LogP contribution < -0.4 is 10.1 Å². The molecule has 1 fully saturated rings. The van der Waals surface area contributed by atoms with E-state index in [2.05, 4.69) is 10.2 Å². The van der Waals surface area contributed by atoms with E-state index in [0.717, 1.165) is 50.4 Å². The number of rotatable bonds is 8. The number of hydrogen-bond donors (Lipinski definition) is 1. The molecule has 0 radical (unpaired) electrons. The molecule has 2 heterocycles. The van der Waals surface area contributed by atoms with Gasteiger partial charge in [-0.1, -0.05) is 35.9 Å². The molecule has 0 aromatic heterocycles. The molecule has 0 unspecified atom stereocenters. The van der Waals surface area contributed by atoms with Crippen LogP contribution >= 0.6 is 0 Å². The van der Waals surface area contributed by atoms with Gasteiger partial charge >= 0.3 is 0 Å². The Kier molecular flexibility index (Phi) is 6.87. The highest BCUT2D eigenvalue weighted by molar-refractivity contribution is 6.36. The molecule has 0 spiro atoms. The van der Waals surface area contributed by atoms with E-state index in [1.54, 1.807) is 13.2 Å². The van der Waals surface area contributed by atoms with Gasteiger partial charge in [0.25, 0.3) is 11.8 Å². The van der Waals surface area contributed by atoms with E-state index in [-0.39, 0.29) is 11.8 Å². The standard InChI is InChI=1S/C25H29N3O4/c1-18-7-9-19(10-8-18)22-23(26-20-5-3-6-21(17-20)31-2)25(30)28(24(22)29)12-4-11-27-13-15-32-16-14-27/h3,5-10,17,26H,4,11-16H2,1-2H3. The highest BCUT2D eigenvalue weighted by Crippen LogP contribution is 2.31. The van der Waals surface area contributed by atoms with Crippen molar-refractivity contribution in [3.63, 3.8) is 0 Å². The van der Waals surface area contributed by atoms with Crippen LogP contribution in [-0.2, 0) is 14.3 Å². The molecule has 0 atom stereocenters. The summed E-state index contributed by atoms with van der Waals surface area (Å²) in [6.45, 7) is 6.44. The third-order valence-corrected chi connectivity index (χ3v) is 5.81. The lowest BCUT2D eigenvalue weighted by Gasteiger charge is -2.27. The summed E-state index contributed by atoms with van der Waals surface area (Å²) in [6.07, 6.45) is 0.727. The molecule has 1 N–H and O–H groups in total. The topological polar surface area (TPSA) is 71.1 Å². The molecule has 168 valence electrons. The summed E-state index contributed by atoms with van der Waals surface area (Å²) in [5.41, 5.74) is 3.23. The van der Waals surface area contributed by atoms with Gasteiger partial charge in [-0.25, -0.2) is 0 Å². The second-order valence-corrected chi connectivity index (χ2v) is 8.04. The Morgan fingerprint density at radius 3 is 2.47 bits per heavy atom. The molecule has 7 nitrogen and oxygen atoms in total. The number of carbonyl (C=O) groups excluding carboxylic acids is 2. The third kappa shape index (κ3) is 4.84. The lowest BCUT2D eigenvalue weighted by Crippen LogP contribution is -2.39. The average Bonchev–Trinajstić information content (AvgIpc) is 3.04. The fraction of sp³-hybridized carbons (Fsp3) is 0.360. The molecule has 32 heavy (non-hydrogen) atoms. The smallest absolute Gasteiger partial charge is 0.278 e. The van der Waals surface area contributed by atoms with Gasteiger partial charge in [-0.3, -0.25) is 19.4 Å². The average molecular weight is 436 g/mol. The Bertz CT molecular complexity index is 1010. The lowest BCUT2D eigenvalue weighted by molar-refractivity contribution is -0.136. The van der Waals surface area contributed by atoms with Crippen molar-refractivity contribution < 1.29 is 19.1 Å². The van der Waals surface area contributed by atoms with Crippen LogP contribution in [0.15, 0.2) is 54.2 Å². The van der Waals surface area contributed by atoms with Crippen LogP contribution in [0, 0.1) is 6.92 Å². The van der Waals surface area contributed by atoms with E-state index < -0.39 is 0 Å². The SMILES string of the molecule is COc1cccc(NC2=C(c3ccc(C)cc3)C(=O)N(CCCN3CCOCC3)C2=O)c1.